The summed E-state index contributed by atoms with van der Waals surface area (Å²) in [6.07, 6.45) is 0. The van der Waals surface area contributed by atoms with Crippen LogP contribution in [0.3, 0.4) is 0 Å². The topological polar surface area (TPSA) is 72.2 Å². The lowest BCUT2D eigenvalue weighted by Gasteiger charge is -2.19. The van der Waals surface area contributed by atoms with Gasteiger partial charge in [0.25, 0.3) is 5.69 Å². The van der Waals surface area contributed by atoms with E-state index in [0.29, 0.717) is 11.3 Å². The minimum absolute atomic E-state index is 0.00280. The van der Waals surface area contributed by atoms with Gasteiger partial charge in [-0.15, -0.1) is 0 Å². The smallest absolute Gasteiger partial charge is 0.271 e. The van der Waals surface area contributed by atoms with Crippen LogP contribution < -0.4 is 5.32 Å². The fourth-order valence-electron chi connectivity index (χ4n) is 2.17. The number of rotatable bonds is 5. The number of carbonyl (C=O) groups excluding carboxylic acids is 1. The lowest BCUT2D eigenvalue weighted by atomic mass is 9.86. The molecule has 0 aromatic heterocycles. The number of nitro benzene ring substituents is 1. The van der Waals surface area contributed by atoms with Crippen LogP contribution in [0.2, 0.25) is 0 Å². The number of Topliss-reactive ketones (excluding diaryl/α,β-unsaturated/α-hetero) is 1. The second-order valence-corrected chi connectivity index (χ2v) is 6.41. The number of nitro groups is 1. The van der Waals surface area contributed by atoms with Gasteiger partial charge < -0.3 is 5.32 Å². The number of benzene rings is 2. The summed E-state index contributed by atoms with van der Waals surface area (Å²) in [7, 11) is 0. The highest BCUT2D eigenvalue weighted by Gasteiger charge is 2.14. The second kappa shape index (κ2) is 6.60. The first-order chi connectivity index (χ1) is 10.8. The molecule has 5 heteroatoms. The Morgan fingerprint density at radius 1 is 1.13 bits per heavy atom. The van der Waals surface area contributed by atoms with Crippen molar-refractivity contribution >= 4 is 17.2 Å². The molecule has 0 aliphatic rings. The number of anilines is 1. The van der Waals surface area contributed by atoms with Gasteiger partial charge in [0.1, 0.15) is 0 Å². The highest BCUT2D eigenvalue weighted by atomic mass is 16.6. The first-order valence-corrected chi connectivity index (χ1v) is 7.39. The Bertz CT molecular complexity index is 716. The van der Waals surface area contributed by atoms with Crippen molar-refractivity contribution in [3.63, 3.8) is 0 Å². The van der Waals surface area contributed by atoms with E-state index < -0.39 is 4.92 Å². The summed E-state index contributed by atoms with van der Waals surface area (Å²) in [5, 5.41) is 13.7. The molecule has 5 nitrogen and oxygen atoms in total. The third kappa shape index (κ3) is 4.39. The van der Waals surface area contributed by atoms with Crippen LogP contribution in [0, 0.1) is 10.1 Å². The second-order valence-electron chi connectivity index (χ2n) is 6.41. The van der Waals surface area contributed by atoms with Gasteiger partial charge in [-0.25, -0.2) is 0 Å². The van der Waals surface area contributed by atoms with Gasteiger partial charge >= 0.3 is 0 Å². The molecule has 2 aromatic carbocycles. The molecule has 0 bridgehead atoms. The predicted octanol–water partition coefficient (Wildman–Crippen LogP) is 4.19. The van der Waals surface area contributed by atoms with Gasteiger partial charge in [0, 0.05) is 23.4 Å². The zero-order chi connectivity index (χ0) is 17.0. The average molecular weight is 312 g/mol. The van der Waals surface area contributed by atoms with Gasteiger partial charge in [-0.2, -0.15) is 0 Å². The maximum absolute atomic E-state index is 12.2. The summed E-state index contributed by atoms with van der Waals surface area (Å²) in [5.74, 6) is -0.0584. The summed E-state index contributed by atoms with van der Waals surface area (Å²) in [4.78, 5) is 22.5. The molecule has 0 unspecified atom stereocenters. The highest BCUT2D eigenvalue weighted by Crippen LogP contribution is 2.22. The van der Waals surface area contributed by atoms with Crippen LogP contribution in [0.4, 0.5) is 11.4 Å². The summed E-state index contributed by atoms with van der Waals surface area (Å²) in [6.45, 7) is 6.45. The molecule has 23 heavy (non-hydrogen) atoms. The predicted molar refractivity (Wildman–Crippen MR) is 91.1 cm³/mol. The van der Waals surface area contributed by atoms with Crippen LogP contribution in [-0.4, -0.2) is 17.3 Å². The Labute approximate surface area is 135 Å². The standard InChI is InChI=1S/C18H20N2O3/c1-18(2,3)14-9-7-13(8-10-14)17(21)12-19-15-5-4-6-16(11-15)20(22)23/h4-11,19H,12H2,1-3H3. The summed E-state index contributed by atoms with van der Waals surface area (Å²) < 4.78 is 0. The lowest BCUT2D eigenvalue weighted by Crippen LogP contribution is -2.15. The van der Waals surface area contributed by atoms with Gasteiger partial charge in [0.15, 0.2) is 5.78 Å². The molecule has 0 fully saturated rings. The SMILES string of the molecule is CC(C)(C)c1ccc(C(=O)CNc2cccc([N+](=O)[O-])c2)cc1. The molecular formula is C18H20N2O3. The third-order valence-corrected chi connectivity index (χ3v) is 3.58. The van der Waals surface area contributed by atoms with Crippen LogP contribution >= 0.6 is 0 Å². The molecule has 1 N–H and O–H groups in total. The van der Waals surface area contributed by atoms with Gasteiger partial charge in [0.2, 0.25) is 0 Å². The minimum Gasteiger partial charge on any atom is -0.377 e. The molecule has 2 aromatic rings. The molecular weight excluding hydrogens is 292 g/mol. The maximum atomic E-state index is 12.2. The molecule has 120 valence electrons. The summed E-state index contributed by atoms with van der Waals surface area (Å²) in [6, 6.07) is 13.7. The van der Waals surface area contributed by atoms with E-state index in [9.17, 15) is 14.9 Å². The van der Waals surface area contributed by atoms with E-state index in [2.05, 4.69) is 26.1 Å². The zero-order valence-electron chi connectivity index (χ0n) is 13.5. The molecule has 0 saturated heterocycles. The number of nitrogens with one attached hydrogen (secondary N) is 1. The number of carbonyl (C=O) groups is 1. The highest BCUT2D eigenvalue weighted by molar-refractivity contribution is 5.99. The number of nitrogens with zero attached hydrogens (tertiary/aromatic N) is 1. The summed E-state index contributed by atoms with van der Waals surface area (Å²) in [5.41, 5.74) is 2.38. The lowest BCUT2D eigenvalue weighted by molar-refractivity contribution is -0.384. The van der Waals surface area contributed by atoms with Crippen molar-refractivity contribution in [2.75, 3.05) is 11.9 Å². The van der Waals surface area contributed by atoms with E-state index in [0.717, 1.165) is 0 Å². The van der Waals surface area contributed by atoms with Crippen molar-refractivity contribution in [3.8, 4) is 0 Å². The van der Waals surface area contributed by atoms with Crippen LogP contribution in [0.5, 0.6) is 0 Å². The van der Waals surface area contributed by atoms with Crippen LogP contribution in [0.25, 0.3) is 0 Å². The van der Waals surface area contributed by atoms with Gasteiger partial charge in [-0.3, -0.25) is 14.9 Å². The number of hydrogen-bond acceptors (Lipinski definition) is 4. The van der Waals surface area contributed by atoms with Crippen molar-refractivity contribution in [1.29, 1.82) is 0 Å². The van der Waals surface area contributed by atoms with Crippen LogP contribution in [0.15, 0.2) is 48.5 Å². The molecule has 0 radical (unpaired) electrons. The third-order valence-electron chi connectivity index (χ3n) is 3.58. The van der Waals surface area contributed by atoms with Gasteiger partial charge in [0.05, 0.1) is 11.5 Å². The van der Waals surface area contributed by atoms with Crippen molar-refractivity contribution < 1.29 is 9.72 Å². The number of non-ortho nitro benzene ring substituents is 1. The fraction of sp³-hybridized carbons (Fsp3) is 0.278. The maximum Gasteiger partial charge on any atom is 0.271 e. The Hall–Kier alpha value is -2.69. The largest absolute Gasteiger partial charge is 0.377 e. The fourth-order valence-corrected chi connectivity index (χ4v) is 2.17. The van der Waals surface area contributed by atoms with E-state index in [-0.39, 0.29) is 23.4 Å². The summed E-state index contributed by atoms with van der Waals surface area (Å²) >= 11 is 0. The molecule has 2 rings (SSSR count). The first kappa shape index (κ1) is 16.7. The molecule has 0 aliphatic carbocycles. The molecule has 0 amide bonds. The molecule has 0 spiro atoms. The number of ketones is 1. The monoisotopic (exact) mass is 312 g/mol. The van der Waals surface area contributed by atoms with E-state index in [1.165, 1.54) is 17.7 Å². The molecule has 0 saturated carbocycles. The van der Waals surface area contributed by atoms with Crippen LogP contribution in [0.1, 0.15) is 36.7 Å². The molecule has 0 heterocycles. The zero-order valence-corrected chi connectivity index (χ0v) is 13.5. The first-order valence-electron chi connectivity index (χ1n) is 7.39. The molecule has 0 atom stereocenters. The van der Waals surface area contributed by atoms with Gasteiger partial charge in [-0.05, 0) is 17.0 Å². The minimum atomic E-state index is -0.460. The van der Waals surface area contributed by atoms with Crippen LogP contribution in [-0.2, 0) is 5.41 Å². The quantitative estimate of drug-likeness (QED) is 0.510. The Kier molecular flexibility index (Phi) is 4.79. The molecule has 0 aliphatic heterocycles. The number of hydrogen-bond donors (Lipinski definition) is 1. The normalized spacial score (nSPS) is 11.1. The van der Waals surface area contributed by atoms with Gasteiger partial charge in [-0.1, -0.05) is 51.1 Å². The average Bonchev–Trinajstić information content (AvgIpc) is 2.52. The van der Waals surface area contributed by atoms with E-state index in [4.69, 9.17) is 0 Å². The van der Waals surface area contributed by atoms with Crippen molar-refractivity contribution in [2.45, 2.75) is 26.2 Å². The van der Waals surface area contributed by atoms with Crippen molar-refractivity contribution in [3.05, 3.63) is 69.8 Å². The van der Waals surface area contributed by atoms with E-state index >= 15 is 0 Å². The van der Waals surface area contributed by atoms with E-state index in [1.807, 2.05) is 24.3 Å². The Morgan fingerprint density at radius 2 is 1.78 bits per heavy atom. The van der Waals surface area contributed by atoms with Crippen molar-refractivity contribution in [2.24, 2.45) is 0 Å². The Morgan fingerprint density at radius 3 is 2.35 bits per heavy atom. The van der Waals surface area contributed by atoms with E-state index in [1.54, 1.807) is 12.1 Å². The Balaban J connectivity index is 2.02. The van der Waals surface area contributed by atoms with Crippen molar-refractivity contribution in [1.82, 2.24) is 0 Å².